The van der Waals surface area contributed by atoms with Crippen molar-refractivity contribution >= 4 is 29.3 Å². The number of aromatic amines is 1. The summed E-state index contributed by atoms with van der Waals surface area (Å²) in [4.78, 5) is 39.9. The van der Waals surface area contributed by atoms with Gasteiger partial charge in [0.25, 0.3) is 11.6 Å². The highest BCUT2D eigenvalue weighted by molar-refractivity contribution is 7.99. The van der Waals surface area contributed by atoms with Crippen molar-refractivity contribution in [1.82, 2.24) is 25.8 Å². The topological polar surface area (TPSA) is 143 Å². The molecule has 1 heterocycles. The molecule has 1 aromatic carbocycles. The lowest BCUT2D eigenvalue weighted by Crippen LogP contribution is -2.41. The number of aromatic nitrogens is 3. The number of amides is 2. The third-order valence-corrected chi connectivity index (χ3v) is 6.69. The minimum absolute atomic E-state index is 0.0189. The Kier molecular flexibility index (Phi) is 8.43. The number of nitro groups is 1. The summed E-state index contributed by atoms with van der Waals surface area (Å²) in [6, 6.07) is 5.31. The van der Waals surface area contributed by atoms with Crippen molar-refractivity contribution < 1.29 is 14.5 Å². The van der Waals surface area contributed by atoms with E-state index in [0.29, 0.717) is 16.9 Å². The van der Waals surface area contributed by atoms with Gasteiger partial charge in [-0.25, -0.2) is 4.98 Å². The predicted molar refractivity (Wildman–Crippen MR) is 125 cm³/mol. The summed E-state index contributed by atoms with van der Waals surface area (Å²) in [6.45, 7) is 6.02. The molecule has 1 aromatic heterocycles. The van der Waals surface area contributed by atoms with Crippen LogP contribution in [0.4, 0.5) is 5.69 Å². The number of H-pyrrole nitrogens is 1. The summed E-state index contributed by atoms with van der Waals surface area (Å²) in [5.41, 5.74) is 0.0422. The van der Waals surface area contributed by atoms with Crippen LogP contribution in [-0.2, 0) is 4.79 Å². The standard InChI is InChI=1S/C22H30N6O4S/c1-13(2)19(24-21(30)15-8-6-9-16(11-15)28(31)32)20-25-22(27-26-20)33-12-18(29)23-17-10-5-4-7-14(17)3/h6,8-9,11,13-14,17,19H,4-5,7,10,12H2,1-3H3,(H,23,29)(H,24,30)(H,25,26,27)/t14-,17+,19-/m0/s1. The van der Waals surface area contributed by atoms with Crippen molar-refractivity contribution in [3.05, 3.63) is 45.8 Å². The minimum atomic E-state index is -0.540. The van der Waals surface area contributed by atoms with Crippen LogP contribution in [0.15, 0.2) is 29.4 Å². The molecule has 3 N–H and O–H groups in total. The van der Waals surface area contributed by atoms with Gasteiger partial charge >= 0.3 is 0 Å². The van der Waals surface area contributed by atoms with Crippen LogP contribution in [-0.4, -0.2) is 43.7 Å². The molecule has 3 rings (SSSR count). The van der Waals surface area contributed by atoms with E-state index in [-0.39, 0.29) is 34.9 Å². The number of hydrogen-bond donors (Lipinski definition) is 3. The zero-order chi connectivity index (χ0) is 24.0. The number of hydrogen-bond acceptors (Lipinski definition) is 7. The highest BCUT2D eigenvalue weighted by atomic mass is 32.2. The van der Waals surface area contributed by atoms with Gasteiger partial charge in [-0.2, -0.15) is 0 Å². The summed E-state index contributed by atoms with van der Waals surface area (Å²) >= 11 is 1.24. The molecule has 0 unspecified atom stereocenters. The number of carbonyl (C=O) groups excluding carboxylic acids is 2. The lowest BCUT2D eigenvalue weighted by Gasteiger charge is -2.29. The third-order valence-electron chi connectivity index (χ3n) is 5.84. The number of thioether (sulfide) groups is 1. The first-order chi connectivity index (χ1) is 15.7. The van der Waals surface area contributed by atoms with E-state index in [1.165, 1.54) is 42.4 Å². The molecule has 0 radical (unpaired) electrons. The molecule has 0 bridgehead atoms. The van der Waals surface area contributed by atoms with Gasteiger partial charge in [0.15, 0.2) is 0 Å². The molecule has 0 saturated heterocycles. The summed E-state index contributed by atoms with van der Waals surface area (Å²) < 4.78 is 0. The van der Waals surface area contributed by atoms with Crippen LogP contribution in [0.2, 0.25) is 0 Å². The SMILES string of the molecule is CC(C)[C@H](NC(=O)c1cccc([N+](=O)[O-])c1)c1nc(SCC(=O)N[C@@H]2CCCC[C@@H]2C)n[nH]1. The Morgan fingerprint density at radius 1 is 1.30 bits per heavy atom. The molecule has 0 spiro atoms. The molecule has 1 aliphatic rings. The van der Waals surface area contributed by atoms with E-state index in [0.717, 1.165) is 19.3 Å². The van der Waals surface area contributed by atoms with Gasteiger partial charge in [0.05, 0.1) is 16.7 Å². The van der Waals surface area contributed by atoms with Gasteiger partial charge < -0.3 is 10.6 Å². The van der Waals surface area contributed by atoms with Gasteiger partial charge in [-0.15, -0.1) is 5.10 Å². The Bertz CT molecular complexity index is 995. The molecular formula is C22H30N6O4S. The van der Waals surface area contributed by atoms with E-state index in [2.05, 4.69) is 32.7 Å². The van der Waals surface area contributed by atoms with E-state index in [9.17, 15) is 19.7 Å². The van der Waals surface area contributed by atoms with Gasteiger partial charge in [-0.1, -0.05) is 51.4 Å². The summed E-state index contributed by atoms with van der Waals surface area (Å²) in [5, 5.41) is 24.4. The average Bonchev–Trinajstić information content (AvgIpc) is 3.26. The van der Waals surface area contributed by atoms with Gasteiger partial charge in [0.1, 0.15) is 5.82 Å². The highest BCUT2D eigenvalue weighted by Gasteiger charge is 2.25. The van der Waals surface area contributed by atoms with Gasteiger partial charge in [0, 0.05) is 23.7 Å². The fourth-order valence-corrected chi connectivity index (χ4v) is 4.52. The van der Waals surface area contributed by atoms with Crippen molar-refractivity contribution in [3.63, 3.8) is 0 Å². The molecular weight excluding hydrogens is 444 g/mol. The van der Waals surface area contributed by atoms with Crippen LogP contribution in [0.5, 0.6) is 0 Å². The van der Waals surface area contributed by atoms with Crippen LogP contribution in [0.3, 0.4) is 0 Å². The first kappa shape index (κ1) is 24.7. The largest absolute Gasteiger partial charge is 0.352 e. The Labute approximate surface area is 196 Å². The molecule has 3 atom stereocenters. The maximum absolute atomic E-state index is 12.7. The second-order valence-electron chi connectivity index (χ2n) is 8.73. The van der Waals surface area contributed by atoms with Gasteiger partial charge in [-0.05, 0) is 30.7 Å². The van der Waals surface area contributed by atoms with Crippen molar-refractivity contribution in [2.24, 2.45) is 11.8 Å². The molecule has 1 saturated carbocycles. The second kappa shape index (κ2) is 11.3. The number of nitrogens with one attached hydrogen (secondary N) is 3. The predicted octanol–water partition coefficient (Wildman–Crippen LogP) is 3.63. The molecule has 178 valence electrons. The zero-order valence-electron chi connectivity index (χ0n) is 19.0. The van der Waals surface area contributed by atoms with Crippen LogP contribution in [0.25, 0.3) is 0 Å². The van der Waals surface area contributed by atoms with Gasteiger partial charge in [0.2, 0.25) is 11.1 Å². The molecule has 1 fully saturated rings. The Hall–Kier alpha value is -2.95. The number of nitrogens with zero attached hydrogens (tertiary/aromatic N) is 3. The lowest BCUT2D eigenvalue weighted by molar-refractivity contribution is -0.384. The van der Waals surface area contributed by atoms with Crippen molar-refractivity contribution in [2.45, 2.75) is 63.7 Å². The third kappa shape index (κ3) is 6.77. The van der Waals surface area contributed by atoms with Crippen LogP contribution in [0.1, 0.15) is 68.7 Å². The smallest absolute Gasteiger partial charge is 0.270 e. The number of rotatable bonds is 9. The van der Waals surface area contributed by atoms with E-state index in [4.69, 9.17) is 0 Å². The van der Waals surface area contributed by atoms with Gasteiger partial charge in [-0.3, -0.25) is 24.8 Å². The fourth-order valence-electron chi connectivity index (χ4n) is 3.91. The van der Waals surface area contributed by atoms with Crippen LogP contribution >= 0.6 is 11.8 Å². The maximum atomic E-state index is 12.7. The Morgan fingerprint density at radius 3 is 2.76 bits per heavy atom. The fraction of sp³-hybridized carbons (Fsp3) is 0.545. The molecule has 1 aliphatic carbocycles. The lowest BCUT2D eigenvalue weighted by atomic mass is 9.86. The summed E-state index contributed by atoms with van der Waals surface area (Å²) in [7, 11) is 0. The van der Waals surface area contributed by atoms with E-state index >= 15 is 0 Å². The Balaban J connectivity index is 1.59. The highest BCUT2D eigenvalue weighted by Crippen LogP contribution is 2.25. The van der Waals surface area contributed by atoms with Crippen LogP contribution < -0.4 is 10.6 Å². The molecule has 2 amide bonds. The molecule has 0 aliphatic heterocycles. The Morgan fingerprint density at radius 2 is 2.06 bits per heavy atom. The van der Waals surface area contributed by atoms with Crippen LogP contribution in [0, 0.1) is 22.0 Å². The van der Waals surface area contributed by atoms with E-state index < -0.39 is 16.9 Å². The minimum Gasteiger partial charge on any atom is -0.352 e. The number of nitro benzene ring substituents is 1. The monoisotopic (exact) mass is 474 g/mol. The maximum Gasteiger partial charge on any atom is 0.270 e. The van der Waals surface area contributed by atoms with Crippen molar-refractivity contribution in [2.75, 3.05) is 5.75 Å². The number of non-ortho nitro benzene ring substituents is 1. The van der Waals surface area contributed by atoms with E-state index in [1.807, 2.05) is 13.8 Å². The average molecular weight is 475 g/mol. The molecule has 10 nitrogen and oxygen atoms in total. The normalized spacial score (nSPS) is 19.2. The van der Waals surface area contributed by atoms with Crippen molar-refractivity contribution in [1.29, 1.82) is 0 Å². The number of carbonyl (C=O) groups is 2. The van der Waals surface area contributed by atoms with Crippen molar-refractivity contribution in [3.8, 4) is 0 Å². The summed E-state index contributed by atoms with van der Waals surface area (Å²) in [5.74, 6) is 0.673. The summed E-state index contributed by atoms with van der Waals surface area (Å²) in [6.07, 6.45) is 4.52. The second-order valence-corrected chi connectivity index (χ2v) is 9.67. The zero-order valence-corrected chi connectivity index (χ0v) is 19.9. The first-order valence-corrected chi connectivity index (χ1v) is 12.1. The molecule has 2 aromatic rings. The molecule has 33 heavy (non-hydrogen) atoms. The molecule has 11 heteroatoms. The first-order valence-electron chi connectivity index (χ1n) is 11.1. The quantitative estimate of drug-likeness (QED) is 0.286. The van der Waals surface area contributed by atoms with E-state index in [1.54, 1.807) is 0 Å². The number of benzene rings is 1.